The molecule has 1 unspecified atom stereocenters. The van der Waals surface area contributed by atoms with Crippen LogP contribution in [0.5, 0.6) is 0 Å². The van der Waals surface area contributed by atoms with Crippen LogP contribution >= 0.6 is 0 Å². The number of aliphatic hydroxyl groups excluding tert-OH is 1. The molecule has 68 valence electrons. The van der Waals surface area contributed by atoms with Crippen molar-refractivity contribution in [3.05, 3.63) is 11.6 Å². The van der Waals surface area contributed by atoms with E-state index in [2.05, 4.69) is 10.1 Å². The van der Waals surface area contributed by atoms with E-state index < -0.39 is 0 Å². The molecule has 0 amide bonds. The lowest BCUT2D eigenvalue weighted by Crippen LogP contribution is -2.13. The monoisotopic (exact) mass is 169 g/mol. The van der Waals surface area contributed by atoms with Crippen LogP contribution in [0.2, 0.25) is 0 Å². The number of aryl methyl sites for hydroxylation is 2. The van der Waals surface area contributed by atoms with E-state index in [1.54, 1.807) is 0 Å². The molecule has 1 aromatic heterocycles. The standard InChI is InChI=1S/C8H15N3O/c1-6(5-12)4-11-8(3)9-7(2)10-11/h6,12H,4-5H2,1-3H3. The summed E-state index contributed by atoms with van der Waals surface area (Å²) < 4.78 is 1.83. The molecule has 0 fully saturated rings. The van der Waals surface area contributed by atoms with Gasteiger partial charge in [0.15, 0.2) is 0 Å². The van der Waals surface area contributed by atoms with Gasteiger partial charge in [-0.15, -0.1) is 0 Å². The molecule has 0 bridgehead atoms. The second kappa shape index (κ2) is 3.67. The lowest BCUT2D eigenvalue weighted by Gasteiger charge is -2.07. The minimum Gasteiger partial charge on any atom is -0.396 e. The van der Waals surface area contributed by atoms with E-state index in [0.717, 1.165) is 18.2 Å². The number of aliphatic hydroxyl groups is 1. The summed E-state index contributed by atoms with van der Waals surface area (Å²) in [5.41, 5.74) is 0. The summed E-state index contributed by atoms with van der Waals surface area (Å²) in [5, 5.41) is 13.0. The normalized spacial score (nSPS) is 13.3. The molecule has 1 atom stereocenters. The first-order valence-electron chi connectivity index (χ1n) is 4.12. The maximum Gasteiger partial charge on any atom is 0.147 e. The van der Waals surface area contributed by atoms with Gasteiger partial charge < -0.3 is 5.11 Å². The van der Waals surface area contributed by atoms with Gasteiger partial charge in [-0.1, -0.05) is 6.92 Å². The number of aromatic nitrogens is 3. The van der Waals surface area contributed by atoms with E-state index in [-0.39, 0.29) is 12.5 Å². The number of hydrogen-bond donors (Lipinski definition) is 1. The maximum absolute atomic E-state index is 8.83. The van der Waals surface area contributed by atoms with E-state index in [1.165, 1.54) is 0 Å². The summed E-state index contributed by atoms with van der Waals surface area (Å²) in [6, 6.07) is 0. The van der Waals surface area contributed by atoms with Crippen LogP contribution in [-0.4, -0.2) is 26.5 Å². The van der Waals surface area contributed by atoms with E-state index in [0.29, 0.717) is 0 Å². The summed E-state index contributed by atoms with van der Waals surface area (Å²) >= 11 is 0. The van der Waals surface area contributed by atoms with E-state index in [4.69, 9.17) is 5.11 Å². The largest absolute Gasteiger partial charge is 0.396 e. The van der Waals surface area contributed by atoms with Crippen LogP contribution in [0.1, 0.15) is 18.6 Å². The molecular formula is C8H15N3O. The molecule has 0 aliphatic rings. The highest BCUT2D eigenvalue weighted by Gasteiger charge is 2.06. The lowest BCUT2D eigenvalue weighted by molar-refractivity contribution is 0.218. The molecule has 12 heavy (non-hydrogen) atoms. The molecule has 0 radical (unpaired) electrons. The van der Waals surface area contributed by atoms with Crippen molar-refractivity contribution in [3.63, 3.8) is 0 Å². The number of nitrogens with zero attached hydrogens (tertiary/aromatic N) is 3. The Morgan fingerprint density at radius 2 is 2.17 bits per heavy atom. The number of hydrogen-bond acceptors (Lipinski definition) is 3. The fourth-order valence-corrected chi connectivity index (χ4v) is 1.09. The minimum absolute atomic E-state index is 0.193. The Bertz CT molecular complexity index is 257. The molecule has 1 rings (SSSR count). The fourth-order valence-electron chi connectivity index (χ4n) is 1.09. The van der Waals surface area contributed by atoms with Gasteiger partial charge in [-0.05, 0) is 19.8 Å². The quantitative estimate of drug-likeness (QED) is 0.717. The first kappa shape index (κ1) is 9.19. The molecule has 0 aliphatic carbocycles. The first-order chi connectivity index (χ1) is 5.63. The third-order valence-electron chi connectivity index (χ3n) is 1.76. The Hall–Kier alpha value is -0.900. The third-order valence-corrected chi connectivity index (χ3v) is 1.76. The highest BCUT2D eigenvalue weighted by molar-refractivity contribution is 4.87. The molecular weight excluding hydrogens is 154 g/mol. The molecule has 4 nitrogen and oxygen atoms in total. The molecule has 0 saturated carbocycles. The van der Waals surface area contributed by atoms with Crippen LogP contribution in [0.25, 0.3) is 0 Å². The maximum atomic E-state index is 8.83. The van der Waals surface area contributed by atoms with Gasteiger partial charge in [0, 0.05) is 13.2 Å². The predicted molar refractivity (Wildman–Crippen MR) is 45.7 cm³/mol. The van der Waals surface area contributed by atoms with Crippen LogP contribution in [0.15, 0.2) is 0 Å². The van der Waals surface area contributed by atoms with Crippen LogP contribution in [0, 0.1) is 19.8 Å². The van der Waals surface area contributed by atoms with Crippen molar-refractivity contribution in [3.8, 4) is 0 Å². The van der Waals surface area contributed by atoms with Crippen molar-refractivity contribution in [1.82, 2.24) is 14.8 Å². The molecule has 0 spiro atoms. The van der Waals surface area contributed by atoms with Crippen molar-refractivity contribution in [2.45, 2.75) is 27.3 Å². The van der Waals surface area contributed by atoms with Crippen molar-refractivity contribution in [2.75, 3.05) is 6.61 Å². The van der Waals surface area contributed by atoms with Crippen molar-refractivity contribution in [1.29, 1.82) is 0 Å². The molecule has 4 heteroatoms. The molecule has 1 N–H and O–H groups in total. The van der Waals surface area contributed by atoms with Gasteiger partial charge in [-0.3, -0.25) is 0 Å². The fraction of sp³-hybridized carbons (Fsp3) is 0.750. The van der Waals surface area contributed by atoms with E-state index in [9.17, 15) is 0 Å². The third kappa shape index (κ3) is 2.04. The summed E-state index contributed by atoms with van der Waals surface area (Å²) in [5.74, 6) is 1.94. The highest BCUT2D eigenvalue weighted by Crippen LogP contribution is 2.01. The van der Waals surface area contributed by atoms with E-state index >= 15 is 0 Å². The molecule has 1 heterocycles. The van der Waals surface area contributed by atoms with Gasteiger partial charge in [0.1, 0.15) is 11.6 Å². The highest BCUT2D eigenvalue weighted by atomic mass is 16.3. The molecule has 0 aliphatic heterocycles. The molecule has 0 saturated heterocycles. The Morgan fingerprint density at radius 1 is 1.50 bits per heavy atom. The topological polar surface area (TPSA) is 50.9 Å². The Balaban J connectivity index is 2.68. The summed E-state index contributed by atoms with van der Waals surface area (Å²) in [6.07, 6.45) is 0. The average molecular weight is 169 g/mol. The Morgan fingerprint density at radius 3 is 2.58 bits per heavy atom. The minimum atomic E-state index is 0.193. The number of rotatable bonds is 3. The van der Waals surface area contributed by atoms with Crippen molar-refractivity contribution in [2.24, 2.45) is 5.92 Å². The van der Waals surface area contributed by atoms with E-state index in [1.807, 2.05) is 25.5 Å². The van der Waals surface area contributed by atoms with Gasteiger partial charge in [0.25, 0.3) is 0 Å². The SMILES string of the molecule is Cc1nc(C)n(CC(C)CO)n1. The van der Waals surface area contributed by atoms with Gasteiger partial charge in [-0.2, -0.15) is 5.10 Å². The Kier molecular flexibility index (Phi) is 2.81. The van der Waals surface area contributed by atoms with Crippen molar-refractivity contribution >= 4 is 0 Å². The Labute approximate surface area is 72.2 Å². The van der Waals surface area contributed by atoms with Gasteiger partial charge in [0.05, 0.1) is 0 Å². The summed E-state index contributed by atoms with van der Waals surface area (Å²) in [6.45, 7) is 6.70. The zero-order valence-corrected chi connectivity index (χ0v) is 7.78. The summed E-state index contributed by atoms with van der Waals surface area (Å²) in [7, 11) is 0. The van der Waals surface area contributed by atoms with Crippen LogP contribution < -0.4 is 0 Å². The zero-order valence-electron chi connectivity index (χ0n) is 7.78. The van der Waals surface area contributed by atoms with Gasteiger partial charge in [-0.25, -0.2) is 9.67 Å². The van der Waals surface area contributed by atoms with Crippen LogP contribution in [-0.2, 0) is 6.54 Å². The first-order valence-corrected chi connectivity index (χ1v) is 4.12. The van der Waals surface area contributed by atoms with Crippen LogP contribution in [0.3, 0.4) is 0 Å². The van der Waals surface area contributed by atoms with Crippen molar-refractivity contribution < 1.29 is 5.11 Å². The predicted octanol–water partition coefficient (Wildman–Crippen LogP) is 0.523. The van der Waals surface area contributed by atoms with Gasteiger partial charge in [0.2, 0.25) is 0 Å². The zero-order chi connectivity index (χ0) is 9.14. The average Bonchev–Trinajstić information content (AvgIpc) is 2.30. The van der Waals surface area contributed by atoms with Crippen LogP contribution in [0.4, 0.5) is 0 Å². The lowest BCUT2D eigenvalue weighted by atomic mass is 10.2. The molecule has 1 aromatic rings. The smallest absolute Gasteiger partial charge is 0.147 e. The second-order valence-electron chi connectivity index (χ2n) is 3.18. The summed E-state index contributed by atoms with van der Waals surface area (Å²) in [4.78, 5) is 4.17. The van der Waals surface area contributed by atoms with Gasteiger partial charge >= 0.3 is 0 Å². The second-order valence-corrected chi connectivity index (χ2v) is 3.18. The molecule has 0 aromatic carbocycles.